The van der Waals surface area contributed by atoms with Crippen LogP contribution in [0.2, 0.25) is 0 Å². The van der Waals surface area contributed by atoms with E-state index in [-0.39, 0.29) is 23.5 Å². The number of carbonyl (C=O) groups excluding carboxylic acids is 1. The number of aromatic amines is 1. The quantitative estimate of drug-likeness (QED) is 0.497. The molecular formula is C11H16BrN3O3. The second-order valence-electron chi connectivity index (χ2n) is 4.15. The zero-order chi connectivity index (χ0) is 13.7. The minimum Gasteiger partial charge on any atom is -0.358 e. The lowest BCUT2D eigenvalue weighted by atomic mass is 10.2. The predicted molar refractivity (Wildman–Crippen MR) is 72.0 cm³/mol. The molecule has 0 spiro atoms. The molecule has 18 heavy (non-hydrogen) atoms. The number of amides is 1. The SMILES string of the molecule is CC(C)N(CCCBr)C(=O)c1ccc([N+](=O)[O-])[nH]1. The summed E-state index contributed by atoms with van der Waals surface area (Å²) in [6, 6.07) is 2.80. The van der Waals surface area contributed by atoms with E-state index in [9.17, 15) is 14.9 Å². The average Bonchev–Trinajstić information content (AvgIpc) is 2.78. The van der Waals surface area contributed by atoms with Crippen LogP contribution in [0.15, 0.2) is 12.1 Å². The Hall–Kier alpha value is -1.37. The van der Waals surface area contributed by atoms with E-state index in [4.69, 9.17) is 0 Å². The fourth-order valence-corrected chi connectivity index (χ4v) is 1.84. The van der Waals surface area contributed by atoms with E-state index in [2.05, 4.69) is 20.9 Å². The number of hydrogen-bond donors (Lipinski definition) is 1. The Morgan fingerprint density at radius 3 is 2.67 bits per heavy atom. The highest BCUT2D eigenvalue weighted by Crippen LogP contribution is 2.14. The van der Waals surface area contributed by atoms with E-state index in [0.29, 0.717) is 6.54 Å². The molecule has 1 N–H and O–H groups in total. The van der Waals surface area contributed by atoms with Crippen molar-refractivity contribution in [1.82, 2.24) is 9.88 Å². The largest absolute Gasteiger partial charge is 0.358 e. The molecule has 0 bridgehead atoms. The molecule has 0 fully saturated rings. The number of nitrogens with zero attached hydrogens (tertiary/aromatic N) is 2. The Morgan fingerprint density at radius 2 is 2.22 bits per heavy atom. The monoisotopic (exact) mass is 317 g/mol. The van der Waals surface area contributed by atoms with Crippen molar-refractivity contribution < 1.29 is 9.72 Å². The smallest absolute Gasteiger partial charge is 0.321 e. The lowest BCUT2D eigenvalue weighted by Crippen LogP contribution is -2.38. The van der Waals surface area contributed by atoms with Crippen molar-refractivity contribution in [1.29, 1.82) is 0 Å². The molecule has 7 heteroatoms. The third kappa shape index (κ3) is 3.56. The molecule has 1 aromatic heterocycles. The lowest BCUT2D eigenvalue weighted by molar-refractivity contribution is -0.389. The molecule has 6 nitrogen and oxygen atoms in total. The topological polar surface area (TPSA) is 79.2 Å². The summed E-state index contributed by atoms with van der Waals surface area (Å²) >= 11 is 3.32. The van der Waals surface area contributed by atoms with Crippen LogP contribution in [0.25, 0.3) is 0 Å². The Morgan fingerprint density at radius 1 is 1.56 bits per heavy atom. The summed E-state index contributed by atoms with van der Waals surface area (Å²) in [6.07, 6.45) is 0.840. The molecule has 0 saturated heterocycles. The first kappa shape index (κ1) is 14.7. The van der Waals surface area contributed by atoms with Crippen molar-refractivity contribution in [2.45, 2.75) is 26.3 Å². The van der Waals surface area contributed by atoms with Crippen LogP contribution in [-0.4, -0.2) is 38.6 Å². The van der Waals surface area contributed by atoms with E-state index in [1.165, 1.54) is 12.1 Å². The summed E-state index contributed by atoms with van der Waals surface area (Å²) in [5.74, 6) is -0.374. The van der Waals surface area contributed by atoms with Gasteiger partial charge in [0.05, 0.1) is 0 Å². The van der Waals surface area contributed by atoms with Gasteiger partial charge in [-0.2, -0.15) is 0 Å². The van der Waals surface area contributed by atoms with Crippen molar-refractivity contribution in [3.8, 4) is 0 Å². The average molecular weight is 318 g/mol. The van der Waals surface area contributed by atoms with E-state index in [1.807, 2.05) is 13.8 Å². The van der Waals surface area contributed by atoms with Gasteiger partial charge in [0.15, 0.2) is 5.69 Å². The summed E-state index contributed by atoms with van der Waals surface area (Å²) in [7, 11) is 0. The molecule has 1 rings (SSSR count). The number of rotatable bonds is 6. The molecule has 1 aromatic rings. The highest BCUT2D eigenvalue weighted by atomic mass is 79.9. The molecule has 0 aliphatic rings. The Bertz CT molecular complexity index is 431. The molecule has 0 atom stereocenters. The van der Waals surface area contributed by atoms with Gasteiger partial charge >= 0.3 is 5.82 Å². The Kier molecular flexibility index (Phi) is 5.33. The molecule has 0 aliphatic carbocycles. The zero-order valence-corrected chi connectivity index (χ0v) is 11.9. The van der Waals surface area contributed by atoms with Crippen molar-refractivity contribution in [2.24, 2.45) is 0 Å². The summed E-state index contributed by atoms with van der Waals surface area (Å²) in [5.41, 5.74) is 0.255. The summed E-state index contributed by atoms with van der Waals surface area (Å²) in [6.45, 7) is 4.46. The molecule has 0 unspecified atom stereocenters. The summed E-state index contributed by atoms with van der Waals surface area (Å²) in [4.78, 5) is 26.4. The van der Waals surface area contributed by atoms with Gasteiger partial charge in [-0.25, -0.2) is 4.98 Å². The molecule has 1 amide bonds. The highest BCUT2D eigenvalue weighted by Gasteiger charge is 2.23. The Balaban J connectivity index is 2.84. The third-order valence-corrected chi connectivity index (χ3v) is 3.08. The van der Waals surface area contributed by atoms with Crippen LogP contribution in [0.4, 0.5) is 5.82 Å². The van der Waals surface area contributed by atoms with Crippen molar-refractivity contribution in [3.05, 3.63) is 27.9 Å². The molecule has 0 radical (unpaired) electrons. The van der Waals surface area contributed by atoms with Crippen LogP contribution in [0.5, 0.6) is 0 Å². The first-order valence-corrected chi connectivity index (χ1v) is 6.80. The van der Waals surface area contributed by atoms with E-state index in [1.54, 1.807) is 4.90 Å². The van der Waals surface area contributed by atoms with Gasteiger partial charge in [-0.3, -0.25) is 4.79 Å². The zero-order valence-electron chi connectivity index (χ0n) is 10.4. The molecule has 100 valence electrons. The number of hydrogen-bond acceptors (Lipinski definition) is 3. The number of carbonyl (C=O) groups is 1. The summed E-state index contributed by atoms with van der Waals surface area (Å²) in [5, 5.41) is 11.4. The maximum atomic E-state index is 12.2. The maximum absolute atomic E-state index is 12.2. The Labute approximate surface area is 114 Å². The van der Waals surface area contributed by atoms with Crippen molar-refractivity contribution >= 4 is 27.7 Å². The van der Waals surface area contributed by atoms with Crippen molar-refractivity contribution in [2.75, 3.05) is 11.9 Å². The molecule has 1 heterocycles. The van der Waals surface area contributed by atoms with Gasteiger partial charge in [-0.05, 0) is 31.3 Å². The van der Waals surface area contributed by atoms with E-state index in [0.717, 1.165) is 11.8 Å². The predicted octanol–water partition coefficient (Wildman–Crippen LogP) is 2.56. The van der Waals surface area contributed by atoms with Gasteiger partial charge in [0.2, 0.25) is 0 Å². The van der Waals surface area contributed by atoms with E-state index < -0.39 is 4.92 Å². The third-order valence-electron chi connectivity index (χ3n) is 2.51. The van der Waals surface area contributed by atoms with Crippen molar-refractivity contribution in [3.63, 3.8) is 0 Å². The minimum absolute atomic E-state index is 0.0545. The van der Waals surface area contributed by atoms with Crippen LogP contribution < -0.4 is 0 Å². The number of alkyl halides is 1. The first-order chi connectivity index (χ1) is 8.47. The van der Waals surface area contributed by atoms with Crippen LogP contribution in [0.3, 0.4) is 0 Å². The minimum atomic E-state index is -0.547. The second kappa shape index (κ2) is 6.53. The molecule has 0 saturated carbocycles. The second-order valence-corrected chi connectivity index (χ2v) is 4.94. The van der Waals surface area contributed by atoms with E-state index >= 15 is 0 Å². The number of aromatic nitrogens is 1. The van der Waals surface area contributed by atoms with Crippen LogP contribution >= 0.6 is 15.9 Å². The van der Waals surface area contributed by atoms with Crippen LogP contribution in [0.1, 0.15) is 30.8 Å². The highest BCUT2D eigenvalue weighted by molar-refractivity contribution is 9.09. The molecular weight excluding hydrogens is 302 g/mol. The first-order valence-electron chi connectivity index (χ1n) is 5.67. The standard InChI is InChI=1S/C11H16BrN3O3/c1-8(2)14(7-3-6-12)11(16)9-4-5-10(13-9)15(17)18/h4-5,8,13H,3,6-7H2,1-2H3. The van der Waals surface area contributed by atoms with Gasteiger partial charge in [-0.15, -0.1) is 0 Å². The maximum Gasteiger partial charge on any atom is 0.321 e. The number of halogens is 1. The number of nitro groups is 1. The van der Waals surface area contributed by atoms with Gasteiger partial charge in [0.25, 0.3) is 5.91 Å². The summed E-state index contributed by atoms with van der Waals surface area (Å²) < 4.78 is 0. The van der Waals surface area contributed by atoms with Crippen LogP contribution in [0, 0.1) is 10.1 Å². The van der Waals surface area contributed by atoms with Gasteiger partial charge < -0.3 is 15.0 Å². The molecule has 0 aliphatic heterocycles. The van der Waals surface area contributed by atoms with Crippen LogP contribution in [-0.2, 0) is 0 Å². The van der Waals surface area contributed by atoms with Gasteiger partial charge in [0.1, 0.15) is 0 Å². The fraction of sp³-hybridized carbons (Fsp3) is 0.545. The fourth-order valence-electron chi connectivity index (χ4n) is 1.59. The normalized spacial score (nSPS) is 10.7. The molecule has 0 aromatic carbocycles. The lowest BCUT2D eigenvalue weighted by Gasteiger charge is -2.25. The van der Waals surface area contributed by atoms with Gasteiger partial charge in [0, 0.05) is 24.0 Å². The van der Waals surface area contributed by atoms with Gasteiger partial charge in [-0.1, -0.05) is 15.9 Å². The number of nitrogens with one attached hydrogen (secondary N) is 1. The number of H-pyrrole nitrogens is 1.